The number of unbranched alkanes of at least 4 members (excludes halogenated alkanes) is 1. The van der Waals surface area contributed by atoms with Crippen molar-refractivity contribution in [2.45, 2.75) is 26.2 Å². The molecule has 0 saturated heterocycles. The highest BCUT2D eigenvalue weighted by Gasteiger charge is 2.09. The molecule has 8 heteroatoms. The molecule has 0 fully saturated rings. The van der Waals surface area contributed by atoms with Crippen LogP contribution in [0.1, 0.15) is 26.2 Å². The number of anilines is 1. The van der Waals surface area contributed by atoms with Crippen LogP contribution in [0.15, 0.2) is 64.8 Å². The summed E-state index contributed by atoms with van der Waals surface area (Å²) >= 11 is 1.73. The molecule has 35 heavy (non-hydrogen) atoms. The summed E-state index contributed by atoms with van der Waals surface area (Å²) in [4.78, 5) is 28.2. The third-order valence-electron chi connectivity index (χ3n) is 5.77. The second-order valence-corrected chi connectivity index (χ2v) is 9.26. The molecule has 0 aliphatic rings. The minimum Gasteiger partial charge on any atom is -0.494 e. The van der Waals surface area contributed by atoms with Crippen LogP contribution in [-0.4, -0.2) is 48.8 Å². The lowest BCUT2D eigenvalue weighted by Crippen LogP contribution is -2.33. The number of pyridine rings is 1. The molecule has 0 bridgehead atoms. The van der Waals surface area contributed by atoms with Crippen LogP contribution >= 0.6 is 11.3 Å². The van der Waals surface area contributed by atoms with E-state index in [9.17, 15) is 9.59 Å². The van der Waals surface area contributed by atoms with E-state index in [1.807, 2.05) is 18.2 Å². The van der Waals surface area contributed by atoms with Crippen molar-refractivity contribution in [2.24, 2.45) is 0 Å². The van der Waals surface area contributed by atoms with Gasteiger partial charge < -0.3 is 19.8 Å². The van der Waals surface area contributed by atoms with Gasteiger partial charge in [-0.25, -0.2) is 0 Å². The van der Waals surface area contributed by atoms with E-state index in [0.29, 0.717) is 13.0 Å². The molecule has 2 aromatic carbocycles. The van der Waals surface area contributed by atoms with E-state index in [1.54, 1.807) is 24.3 Å². The van der Waals surface area contributed by atoms with Crippen molar-refractivity contribution in [3.8, 4) is 5.75 Å². The van der Waals surface area contributed by atoms with Gasteiger partial charge in [-0.2, -0.15) is 0 Å². The summed E-state index contributed by atoms with van der Waals surface area (Å²) in [5.74, 6) is 0.545. The number of thiophene rings is 1. The molecule has 4 rings (SSSR count). The molecule has 0 amide bonds. The van der Waals surface area contributed by atoms with Crippen molar-refractivity contribution >= 4 is 44.0 Å². The Bertz CT molecular complexity index is 1320. The lowest BCUT2D eigenvalue weighted by atomic mass is 10.2. The average Bonchev–Trinajstić information content (AvgIpc) is 3.36. The maximum atomic E-state index is 11.7. The number of nitrogens with one attached hydrogen (secondary N) is 2. The quantitative estimate of drug-likeness (QED) is 0.151. The number of esters is 1. The Balaban J connectivity index is 1.24. The molecule has 0 aliphatic carbocycles. The minimum atomic E-state index is -0.191. The Labute approximate surface area is 208 Å². The first kappa shape index (κ1) is 24.8. The van der Waals surface area contributed by atoms with E-state index in [4.69, 9.17) is 9.47 Å². The van der Waals surface area contributed by atoms with Gasteiger partial charge >= 0.3 is 5.97 Å². The fraction of sp³-hybridized carbons (Fsp3) is 0.333. The van der Waals surface area contributed by atoms with E-state index < -0.39 is 0 Å². The predicted molar refractivity (Wildman–Crippen MR) is 142 cm³/mol. The van der Waals surface area contributed by atoms with Gasteiger partial charge in [0.2, 0.25) is 5.56 Å². The smallest absolute Gasteiger partial charge is 0.306 e. The van der Waals surface area contributed by atoms with Gasteiger partial charge in [0.15, 0.2) is 0 Å². The molecule has 4 aromatic rings. The van der Waals surface area contributed by atoms with Crippen molar-refractivity contribution < 1.29 is 14.3 Å². The van der Waals surface area contributed by atoms with Crippen LogP contribution in [0.4, 0.5) is 5.69 Å². The molecule has 0 atom stereocenters. The number of rotatable bonds is 13. The van der Waals surface area contributed by atoms with Crippen molar-refractivity contribution in [1.29, 1.82) is 0 Å². The molecule has 0 spiro atoms. The highest BCUT2D eigenvalue weighted by Crippen LogP contribution is 2.27. The summed E-state index contributed by atoms with van der Waals surface area (Å²) in [6, 6.07) is 17.4. The van der Waals surface area contributed by atoms with Gasteiger partial charge in [-0.15, -0.1) is 11.3 Å². The van der Waals surface area contributed by atoms with Crippen LogP contribution in [0.25, 0.3) is 21.0 Å². The Morgan fingerprint density at radius 1 is 1.09 bits per heavy atom. The Morgan fingerprint density at radius 3 is 2.86 bits per heavy atom. The summed E-state index contributed by atoms with van der Waals surface area (Å²) in [6.07, 6.45) is 2.15. The number of nitrogens with zero attached hydrogens (tertiary/aromatic N) is 1. The van der Waals surface area contributed by atoms with Crippen molar-refractivity contribution in [3.63, 3.8) is 0 Å². The molecule has 7 nitrogen and oxygen atoms in total. The van der Waals surface area contributed by atoms with Crippen LogP contribution in [0.2, 0.25) is 0 Å². The minimum absolute atomic E-state index is 0.125. The third-order valence-corrected chi connectivity index (χ3v) is 6.65. The number of fused-ring (bicyclic) bond motifs is 2. The van der Waals surface area contributed by atoms with Gasteiger partial charge in [-0.1, -0.05) is 13.0 Å². The largest absolute Gasteiger partial charge is 0.494 e. The summed E-state index contributed by atoms with van der Waals surface area (Å²) < 4.78 is 12.5. The normalized spacial score (nSPS) is 11.3. The summed E-state index contributed by atoms with van der Waals surface area (Å²) in [5.41, 5.74) is 1.77. The number of hydrogen-bond acceptors (Lipinski definition) is 7. The molecule has 0 saturated carbocycles. The van der Waals surface area contributed by atoms with Gasteiger partial charge in [0.1, 0.15) is 12.5 Å². The van der Waals surface area contributed by atoms with Gasteiger partial charge in [-0.05, 0) is 60.0 Å². The van der Waals surface area contributed by atoms with Crippen molar-refractivity contribution in [2.75, 3.05) is 38.3 Å². The zero-order chi connectivity index (χ0) is 24.5. The van der Waals surface area contributed by atoms with E-state index in [2.05, 4.69) is 44.8 Å². The van der Waals surface area contributed by atoms with Crippen LogP contribution in [0, 0.1) is 0 Å². The maximum absolute atomic E-state index is 11.7. The van der Waals surface area contributed by atoms with Crippen LogP contribution < -0.4 is 15.6 Å². The lowest BCUT2D eigenvalue weighted by Gasteiger charge is -2.22. The third kappa shape index (κ3) is 7.07. The van der Waals surface area contributed by atoms with E-state index >= 15 is 0 Å². The molecule has 2 aromatic heterocycles. The second kappa shape index (κ2) is 12.4. The van der Waals surface area contributed by atoms with E-state index in [0.717, 1.165) is 54.8 Å². The van der Waals surface area contributed by atoms with Crippen LogP contribution in [0.3, 0.4) is 0 Å². The number of hydrogen-bond donors (Lipinski definition) is 2. The van der Waals surface area contributed by atoms with Gasteiger partial charge in [0.25, 0.3) is 0 Å². The number of H-pyrrole nitrogens is 1. The zero-order valence-corrected chi connectivity index (χ0v) is 20.7. The number of aromatic amines is 1. The molecule has 0 unspecified atom stereocenters. The first-order valence-electron chi connectivity index (χ1n) is 12.0. The zero-order valence-electron chi connectivity index (χ0n) is 19.9. The molecule has 2 heterocycles. The van der Waals surface area contributed by atoms with Crippen LogP contribution in [-0.2, 0) is 9.53 Å². The Kier molecular flexibility index (Phi) is 8.75. The fourth-order valence-electron chi connectivity index (χ4n) is 3.85. The summed E-state index contributed by atoms with van der Waals surface area (Å²) in [6.45, 7) is 4.98. The molecule has 0 radical (unpaired) electrons. The molecule has 184 valence electrons. The Morgan fingerprint density at radius 2 is 1.97 bits per heavy atom. The van der Waals surface area contributed by atoms with E-state index in [-0.39, 0.29) is 18.3 Å². The highest BCUT2D eigenvalue weighted by molar-refractivity contribution is 7.17. The van der Waals surface area contributed by atoms with Gasteiger partial charge in [0.05, 0.1) is 12.1 Å². The average molecular weight is 494 g/mol. The molecular formula is C27H31N3O4S. The number of carbonyl (C=O) groups is 1. The molecular weight excluding hydrogens is 462 g/mol. The summed E-state index contributed by atoms with van der Waals surface area (Å²) in [7, 11) is 0. The number of aromatic nitrogens is 1. The second-order valence-electron chi connectivity index (χ2n) is 8.31. The molecule has 2 N–H and O–H groups in total. The van der Waals surface area contributed by atoms with Crippen LogP contribution in [0.5, 0.6) is 5.75 Å². The highest BCUT2D eigenvalue weighted by atomic mass is 32.1. The predicted octanol–water partition coefficient (Wildman–Crippen LogP) is 5.23. The lowest BCUT2D eigenvalue weighted by molar-refractivity contribution is -0.148. The SMILES string of the molecule is CCC(=O)OCN(CCCCOc1ccc2ccc(=O)[nH]c2c1)CCNc1cccc2sccc12. The van der Waals surface area contributed by atoms with Gasteiger partial charge in [-0.3, -0.25) is 14.5 Å². The molecule has 0 aliphatic heterocycles. The fourth-order valence-corrected chi connectivity index (χ4v) is 4.66. The van der Waals surface area contributed by atoms with E-state index in [1.165, 1.54) is 16.2 Å². The monoisotopic (exact) mass is 493 g/mol. The number of carbonyl (C=O) groups excluding carboxylic acids is 1. The Hall–Kier alpha value is -3.36. The number of ether oxygens (including phenoxy) is 2. The summed E-state index contributed by atoms with van der Waals surface area (Å²) in [5, 5.41) is 7.83. The van der Waals surface area contributed by atoms with Crippen molar-refractivity contribution in [1.82, 2.24) is 9.88 Å². The maximum Gasteiger partial charge on any atom is 0.306 e. The first-order valence-corrected chi connectivity index (χ1v) is 12.8. The first-order chi connectivity index (χ1) is 17.1. The standard InChI is InChI=1S/C27H31N3O4S/c1-2-27(32)34-19-30(15-13-28-23-6-5-7-25-22(23)12-17-35-25)14-3-4-16-33-21-10-8-20-9-11-26(31)29-24(20)18-21/h5-12,17-18,28H,2-4,13-16,19H2,1H3,(H,29,31). The van der Waals surface area contributed by atoms with Gasteiger partial charge in [0, 0.05) is 54.0 Å². The van der Waals surface area contributed by atoms with Crippen molar-refractivity contribution in [3.05, 3.63) is 70.3 Å². The topological polar surface area (TPSA) is 83.7 Å². The number of benzene rings is 2.